The lowest BCUT2D eigenvalue weighted by Crippen LogP contribution is -2.49. The van der Waals surface area contributed by atoms with Crippen molar-refractivity contribution in [1.29, 1.82) is 0 Å². The van der Waals surface area contributed by atoms with E-state index < -0.39 is 6.04 Å². The van der Waals surface area contributed by atoms with Gasteiger partial charge in [0.25, 0.3) is 0 Å². The maximum Gasteiger partial charge on any atom is 0.242 e. The van der Waals surface area contributed by atoms with Crippen molar-refractivity contribution in [2.75, 3.05) is 6.54 Å². The molecule has 0 saturated heterocycles. The maximum absolute atomic E-state index is 13.2. The molecular formula is C23H29ClN2O2. The fourth-order valence-corrected chi connectivity index (χ4v) is 3.18. The van der Waals surface area contributed by atoms with E-state index in [1.165, 1.54) is 0 Å². The zero-order chi connectivity index (χ0) is 20.5. The quantitative estimate of drug-likeness (QED) is 0.672. The van der Waals surface area contributed by atoms with Crippen molar-refractivity contribution in [3.63, 3.8) is 0 Å². The van der Waals surface area contributed by atoms with Crippen molar-refractivity contribution in [3.05, 3.63) is 70.2 Å². The summed E-state index contributed by atoms with van der Waals surface area (Å²) in [7, 11) is 0. The maximum atomic E-state index is 13.2. The standard InChI is InChI=1S/C23H29ClN2O2/c1-4-14-25-23(28)21(5-2)26(16-19-8-6-17(3)7-9-19)22(27)15-18-10-12-20(24)13-11-18/h6-13,21H,4-5,14-16H2,1-3H3,(H,25,28)/t21-/m1/s1. The lowest BCUT2D eigenvalue weighted by Gasteiger charge is -2.31. The molecule has 5 heteroatoms. The number of rotatable bonds is 9. The summed E-state index contributed by atoms with van der Waals surface area (Å²) in [5, 5.41) is 3.57. The van der Waals surface area contributed by atoms with Gasteiger partial charge in [-0.1, -0.05) is 67.4 Å². The molecule has 0 saturated carbocycles. The molecule has 0 bridgehead atoms. The smallest absolute Gasteiger partial charge is 0.242 e. The van der Waals surface area contributed by atoms with Crippen molar-refractivity contribution in [2.24, 2.45) is 0 Å². The third kappa shape index (κ3) is 6.38. The van der Waals surface area contributed by atoms with E-state index in [0.717, 1.165) is 23.1 Å². The summed E-state index contributed by atoms with van der Waals surface area (Å²) in [4.78, 5) is 27.6. The third-order valence-corrected chi connectivity index (χ3v) is 4.93. The Morgan fingerprint density at radius 2 is 1.61 bits per heavy atom. The van der Waals surface area contributed by atoms with Crippen molar-refractivity contribution >= 4 is 23.4 Å². The fourth-order valence-electron chi connectivity index (χ4n) is 3.05. The number of amides is 2. The lowest BCUT2D eigenvalue weighted by atomic mass is 10.1. The average Bonchev–Trinajstić information content (AvgIpc) is 2.69. The minimum absolute atomic E-state index is 0.0682. The van der Waals surface area contributed by atoms with Gasteiger partial charge in [-0.25, -0.2) is 0 Å². The van der Waals surface area contributed by atoms with Crippen molar-refractivity contribution in [1.82, 2.24) is 10.2 Å². The van der Waals surface area contributed by atoms with E-state index in [4.69, 9.17) is 11.6 Å². The van der Waals surface area contributed by atoms with Crippen LogP contribution in [0.3, 0.4) is 0 Å². The first kappa shape index (κ1) is 22.0. The molecule has 0 unspecified atom stereocenters. The Labute approximate surface area is 172 Å². The Balaban J connectivity index is 2.24. The highest BCUT2D eigenvalue weighted by molar-refractivity contribution is 6.30. The first-order valence-corrected chi connectivity index (χ1v) is 10.2. The van der Waals surface area contributed by atoms with Gasteiger partial charge in [0.2, 0.25) is 11.8 Å². The second-order valence-electron chi connectivity index (χ2n) is 7.03. The van der Waals surface area contributed by atoms with E-state index >= 15 is 0 Å². The van der Waals surface area contributed by atoms with Crippen LogP contribution in [0.5, 0.6) is 0 Å². The molecule has 1 N–H and O–H groups in total. The van der Waals surface area contributed by atoms with Crippen LogP contribution in [0, 0.1) is 6.92 Å². The summed E-state index contributed by atoms with van der Waals surface area (Å²) in [5.41, 5.74) is 3.06. The highest BCUT2D eigenvalue weighted by Gasteiger charge is 2.28. The zero-order valence-electron chi connectivity index (χ0n) is 16.9. The molecular weight excluding hydrogens is 372 g/mol. The van der Waals surface area contributed by atoms with Gasteiger partial charge in [-0.15, -0.1) is 0 Å². The number of hydrogen-bond acceptors (Lipinski definition) is 2. The minimum Gasteiger partial charge on any atom is -0.354 e. The van der Waals surface area contributed by atoms with Gasteiger partial charge in [-0.2, -0.15) is 0 Å². The zero-order valence-corrected chi connectivity index (χ0v) is 17.6. The van der Waals surface area contributed by atoms with E-state index in [2.05, 4.69) is 5.32 Å². The second kappa shape index (κ2) is 10.9. The number of benzene rings is 2. The molecule has 0 radical (unpaired) electrons. The van der Waals surface area contributed by atoms with Crippen LogP contribution in [0.15, 0.2) is 48.5 Å². The van der Waals surface area contributed by atoms with Crippen LogP contribution in [0.25, 0.3) is 0 Å². The van der Waals surface area contributed by atoms with Crippen LogP contribution in [-0.4, -0.2) is 29.3 Å². The van der Waals surface area contributed by atoms with Crippen molar-refractivity contribution in [2.45, 2.75) is 52.6 Å². The predicted octanol–water partition coefficient (Wildman–Crippen LogP) is 4.52. The molecule has 2 amide bonds. The number of hydrogen-bond donors (Lipinski definition) is 1. The molecule has 0 aliphatic heterocycles. The van der Waals surface area contributed by atoms with Crippen molar-refractivity contribution < 1.29 is 9.59 Å². The molecule has 2 rings (SSSR count). The minimum atomic E-state index is -0.493. The van der Waals surface area contributed by atoms with Crippen LogP contribution in [-0.2, 0) is 22.6 Å². The molecule has 1 atom stereocenters. The van der Waals surface area contributed by atoms with Gasteiger partial charge in [0.05, 0.1) is 6.42 Å². The summed E-state index contributed by atoms with van der Waals surface area (Å²) in [6.07, 6.45) is 1.66. The third-order valence-electron chi connectivity index (χ3n) is 4.68. The SMILES string of the molecule is CCCNC(=O)[C@@H](CC)N(Cc1ccc(C)cc1)C(=O)Cc1ccc(Cl)cc1. The van der Waals surface area contributed by atoms with Gasteiger partial charge in [0.1, 0.15) is 6.04 Å². The number of nitrogens with one attached hydrogen (secondary N) is 1. The fraction of sp³-hybridized carbons (Fsp3) is 0.391. The Hall–Kier alpha value is -2.33. The van der Waals surface area contributed by atoms with Gasteiger partial charge in [-0.3, -0.25) is 9.59 Å². The van der Waals surface area contributed by atoms with E-state index in [1.54, 1.807) is 17.0 Å². The number of carbonyl (C=O) groups excluding carboxylic acids is 2. The van der Waals surface area contributed by atoms with E-state index in [-0.39, 0.29) is 18.2 Å². The normalized spacial score (nSPS) is 11.7. The largest absolute Gasteiger partial charge is 0.354 e. The van der Waals surface area contributed by atoms with Gasteiger partial charge < -0.3 is 10.2 Å². The summed E-state index contributed by atoms with van der Waals surface area (Å²) in [5.74, 6) is -0.165. The summed E-state index contributed by atoms with van der Waals surface area (Å²) in [6.45, 7) is 7.00. The molecule has 0 fully saturated rings. The van der Waals surface area contributed by atoms with E-state index in [0.29, 0.717) is 24.5 Å². The monoisotopic (exact) mass is 400 g/mol. The predicted molar refractivity (Wildman–Crippen MR) is 114 cm³/mol. The van der Waals surface area contributed by atoms with E-state index in [9.17, 15) is 9.59 Å². The number of aryl methyl sites for hydroxylation is 1. The van der Waals surface area contributed by atoms with Gasteiger partial charge in [-0.05, 0) is 43.0 Å². The Bertz CT molecular complexity index is 772. The number of nitrogens with zero attached hydrogens (tertiary/aromatic N) is 1. The molecule has 4 nitrogen and oxygen atoms in total. The summed E-state index contributed by atoms with van der Waals surface area (Å²) < 4.78 is 0. The molecule has 0 aliphatic carbocycles. The first-order valence-electron chi connectivity index (χ1n) is 9.81. The molecule has 2 aromatic rings. The molecule has 0 heterocycles. The Morgan fingerprint density at radius 1 is 1.00 bits per heavy atom. The Kier molecular flexibility index (Phi) is 8.52. The van der Waals surface area contributed by atoms with Crippen LogP contribution in [0.4, 0.5) is 0 Å². The first-order chi connectivity index (χ1) is 13.4. The molecule has 150 valence electrons. The van der Waals surface area contributed by atoms with E-state index in [1.807, 2.05) is 57.2 Å². The molecule has 0 aromatic heterocycles. The summed E-state index contributed by atoms with van der Waals surface area (Å²) in [6, 6.07) is 14.8. The van der Waals surface area contributed by atoms with Crippen LogP contribution >= 0.6 is 11.6 Å². The lowest BCUT2D eigenvalue weighted by molar-refractivity contribution is -0.140. The molecule has 0 aliphatic rings. The molecule has 2 aromatic carbocycles. The van der Waals surface area contributed by atoms with Gasteiger partial charge >= 0.3 is 0 Å². The van der Waals surface area contributed by atoms with Crippen LogP contribution < -0.4 is 5.32 Å². The number of halogens is 1. The molecule has 0 spiro atoms. The highest BCUT2D eigenvalue weighted by Crippen LogP contribution is 2.16. The van der Waals surface area contributed by atoms with Crippen LogP contribution in [0.2, 0.25) is 5.02 Å². The molecule has 28 heavy (non-hydrogen) atoms. The van der Waals surface area contributed by atoms with Gasteiger partial charge in [0, 0.05) is 18.1 Å². The average molecular weight is 401 g/mol. The van der Waals surface area contributed by atoms with Crippen molar-refractivity contribution in [3.8, 4) is 0 Å². The topological polar surface area (TPSA) is 49.4 Å². The highest BCUT2D eigenvalue weighted by atomic mass is 35.5. The number of carbonyl (C=O) groups is 2. The summed E-state index contributed by atoms with van der Waals surface area (Å²) >= 11 is 5.95. The van der Waals surface area contributed by atoms with Gasteiger partial charge in [0.15, 0.2) is 0 Å². The van der Waals surface area contributed by atoms with Crippen LogP contribution in [0.1, 0.15) is 43.4 Å². The second-order valence-corrected chi connectivity index (χ2v) is 7.46. The Morgan fingerprint density at radius 3 is 2.18 bits per heavy atom.